The van der Waals surface area contributed by atoms with E-state index in [2.05, 4.69) is 56.7 Å². The summed E-state index contributed by atoms with van der Waals surface area (Å²) in [6, 6.07) is 9.51. The van der Waals surface area contributed by atoms with Crippen LogP contribution in [0.3, 0.4) is 0 Å². The predicted octanol–water partition coefficient (Wildman–Crippen LogP) is 3.99. The van der Waals surface area contributed by atoms with Crippen molar-refractivity contribution in [3.8, 4) is 0 Å². The molecule has 1 saturated heterocycles. The van der Waals surface area contributed by atoms with Crippen molar-refractivity contribution in [2.45, 2.75) is 70.5 Å². The third kappa shape index (κ3) is 7.90. The number of hydrogen-bond donors (Lipinski definition) is 2. The van der Waals surface area contributed by atoms with Gasteiger partial charge in [-0.2, -0.15) is 0 Å². The van der Waals surface area contributed by atoms with Crippen molar-refractivity contribution in [1.82, 2.24) is 20.4 Å². The number of piperidine rings is 1. The van der Waals surface area contributed by atoms with Gasteiger partial charge in [-0.05, 0) is 49.8 Å². The van der Waals surface area contributed by atoms with E-state index in [4.69, 9.17) is 0 Å². The molecule has 1 amide bonds. The zero-order chi connectivity index (χ0) is 22.1. The number of nitrogens with zero attached hydrogens (tertiary/aromatic N) is 3. The standard InChI is InChI=1S/C25H41N5O.HI/c1-26-24(31)17-20-13-15-30(16-14-20)25(27-2)28-18-21-9-7-8-10-22(21)19-29(3)23-11-5-4-6-12-23;/h7-10,20,23H,4-6,11-19H2,1-3H3,(H,26,31)(H,27,28);1H. The summed E-state index contributed by atoms with van der Waals surface area (Å²) in [5, 5.41) is 6.34. The zero-order valence-electron chi connectivity index (χ0n) is 20.1. The third-order valence-electron chi connectivity index (χ3n) is 7.05. The molecule has 6 nitrogen and oxygen atoms in total. The van der Waals surface area contributed by atoms with Gasteiger partial charge in [-0.25, -0.2) is 0 Å². The van der Waals surface area contributed by atoms with Crippen LogP contribution in [0.25, 0.3) is 0 Å². The lowest BCUT2D eigenvalue weighted by Crippen LogP contribution is -2.45. The van der Waals surface area contributed by atoms with Crippen molar-refractivity contribution < 1.29 is 4.79 Å². The van der Waals surface area contributed by atoms with Crippen LogP contribution in [-0.2, 0) is 17.9 Å². The number of benzene rings is 1. The minimum atomic E-state index is 0. The lowest BCUT2D eigenvalue weighted by atomic mass is 9.93. The fourth-order valence-corrected chi connectivity index (χ4v) is 5.02. The molecule has 2 N–H and O–H groups in total. The number of carbonyl (C=O) groups is 1. The molecular weight excluding hydrogens is 513 g/mol. The molecule has 0 unspecified atom stereocenters. The summed E-state index contributed by atoms with van der Waals surface area (Å²) < 4.78 is 0. The molecule has 1 saturated carbocycles. The molecule has 180 valence electrons. The molecule has 0 aromatic heterocycles. The highest BCUT2D eigenvalue weighted by Gasteiger charge is 2.23. The van der Waals surface area contributed by atoms with Gasteiger partial charge in [0.2, 0.25) is 5.91 Å². The third-order valence-corrected chi connectivity index (χ3v) is 7.05. The Labute approximate surface area is 211 Å². The molecule has 2 aliphatic rings. The van der Waals surface area contributed by atoms with E-state index in [0.717, 1.165) is 51.0 Å². The van der Waals surface area contributed by atoms with Gasteiger partial charge in [0.1, 0.15) is 0 Å². The second-order valence-electron chi connectivity index (χ2n) is 9.18. The van der Waals surface area contributed by atoms with Gasteiger partial charge in [0, 0.05) is 52.7 Å². The van der Waals surface area contributed by atoms with Crippen LogP contribution < -0.4 is 10.6 Å². The van der Waals surface area contributed by atoms with Gasteiger partial charge in [-0.3, -0.25) is 14.7 Å². The quantitative estimate of drug-likeness (QED) is 0.304. The first kappa shape index (κ1) is 26.9. The number of hydrogen-bond acceptors (Lipinski definition) is 3. The Morgan fingerprint density at radius 2 is 1.75 bits per heavy atom. The number of amides is 1. The minimum Gasteiger partial charge on any atom is -0.359 e. The van der Waals surface area contributed by atoms with Gasteiger partial charge < -0.3 is 15.5 Å². The minimum absolute atomic E-state index is 0. The van der Waals surface area contributed by atoms with Crippen LogP contribution in [0.1, 0.15) is 62.5 Å². The number of rotatable bonds is 7. The number of nitrogens with one attached hydrogen (secondary N) is 2. The molecule has 1 heterocycles. The van der Waals surface area contributed by atoms with Crippen LogP contribution >= 0.6 is 24.0 Å². The van der Waals surface area contributed by atoms with Gasteiger partial charge in [0.05, 0.1) is 0 Å². The van der Waals surface area contributed by atoms with E-state index in [0.29, 0.717) is 12.3 Å². The second-order valence-corrected chi connectivity index (χ2v) is 9.18. The maximum Gasteiger partial charge on any atom is 0.220 e. The molecule has 0 atom stereocenters. The Kier molecular flexibility index (Phi) is 11.8. The highest BCUT2D eigenvalue weighted by atomic mass is 127. The lowest BCUT2D eigenvalue weighted by Gasteiger charge is -2.34. The zero-order valence-corrected chi connectivity index (χ0v) is 22.4. The molecule has 1 aliphatic heterocycles. The fraction of sp³-hybridized carbons (Fsp3) is 0.680. The monoisotopic (exact) mass is 555 g/mol. The van der Waals surface area contributed by atoms with Crippen molar-refractivity contribution in [1.29, 1.82) is 0 Å². The van der Waals surface area contributed by atoms with Crippen LogP contribution in [0.15, 0.2) is 29.3 Å². The summed E-state index contributed by atoms with van der Waals surface area (Å²) in [6.07, 6.45) is 9.51. The first-order valence-corrected chi connectivity index (χ1v) is 12.0. The fourth-order valence-electron chi connectivity index (χ4n) is 5.02. The first-order valence-electron chi connectivity index (χ1n) is 12.0. The normalized spacial score (nSPS) is 18.4. The van der Waals surface area contributed by atoms with Crippen LogP contribution in [0.5, 0.6) is 0 Å². The average Bonchev–Trinajstić information content (AvgIpc) is 2.82. The van der Waals surface area contributed by atoms with Gasteiger partial charge >= 0.3 is 0 Å². The van der Waals surface area contributed by atoms with Crippen LogP contribution in [0.2, 0.25) is 0 Å². The lowest BCUT2D eigenvalue weighted by molar-refractivity contribution is -0.121. The highest BCUT2D eigenvalue weighted by Crippen LogP contribution is 2.24. The molecule has 2 fully saturated rings. The Morgan fingerprint density at radius 3 is 2.38 bits per heavy atom. The van der Waals surface area contributed by atoms with E-state index in [9.17, 15) is 4.79 Å². The van der Waals surface area contributed by atoms with E-state index >= 15 is 0 Å². The predicted molar refractivity (Wildman–Crippen MR) is 143 cm³/mol. The number of guanidine groups is 1. The molecule has 1 aromatic carbocycles. The Morgan fingerprint density at radius 1 is 1.09 bits per heavy atom. The number of carbonyl (C=O) groups excluding carboxylic acids is 1. The number of likely N-dealkylation sites (tertiary alicyclic amines) is 1. The summed E-state index contributed by atoms with van der Waals surface area (Å²) in [6.45, 7) is 3.70. The van der Waals surface area contributed by atoms with Crippen molar-refractivity contribution in [3.05, 3.63) is 35.4 Å². The largest absolute Gasteiger partial charge is 0.359 e. The molecule has 1 aromatic rings. The molecule has 32 heavy (non-hydrogen) atoms. The number of halogens is 1. The van der Waals surface area contributed by atoms with Gasteiger partial charge in [0.15, 0.2) is 5.96 Å². The molecule has 0 radical (unpaired) electrons. The number of aliphatic imine (C=N–C) groups is 1. The molecule has 7 heteroatoms. The molecule has 0 bridgehead atoms. The van der Waals surface area contributed by atoms with Crippen LogP contribution in [-0.4, -0.2) is 61.9 Å². The maximum atomic E-state index is 11.7. The van der Waals surface area contributed by atoms with E-state index in [1.54, 1.807) is 7.05 Å². The Balaban J connectivity index is 0.00000363. The topological polar surface area (TPSA) is 60.0 Å². The Bertz CT molecular complexity index is 727. The van der Waals surface area contributed by atoms with Crippen molar-refractivity contribution in [2.75, 3.05) is 34.2 Å². The van der Waals surface area contributed by atoms with E-state index in [1.807, 2.05) is 7.05 Å². The summed E-state index contributed by atoms with van der Waals surface area (Å²) in [7, 11) is 5.86. The highest BCUT2D eigenvalue weighted by molar-refractivity contribution is 14.0. The second kappa shape index (κ2) is 14.0. The van der Waals surface area contributed by atoms with E-state index in [-0.39, 0.29) is 29.9 Å². The van der Waals surface area contributed by atoms with Crippen molar-refractivity contribution in [3.63, 3.8) is 0 Å². The molecule has 3 rings (SSSR count). The van der Waals surface area contributed by atoms with Crippen LogP contribution in [0.4, 0.5) is 0 Å². The van der Waals surface area contributed by atoms with E-state index in [1.165, 1.54) is 43.2 Å². The van der Waals surface area contributed by atoms with Gasteiger partial charge in [0.25, 0.3) is 0 Å². The summed E-state index contributed by atoms with van der Waals surface area (Å²) in [5.41, 5.74) is 2.75. The molecule has 0 spiro atoms. The summed E-state index contributed by atoms with van der Waals surface area (Å²) in [4.78, 5) is 21.1. The van der Waals surface area contributed by atoms with Crippen molar-refractivity contribution in [2.24, 2.45) is 10.9 Å². The van der Waals surface area contributed by atoms with Gasteiger partial charge in [-0.15, -0.1) is 24.0 Å². The molecule has 1 aliphatic carbocycles. The van der Waals surface area contributed by atoms with Gasteiger partial charge in [-0.1, -0.05) is 43.5 Å². The summed E-state index contributed by atoms with van der Waals surface area (Å²) in [5.74, 6) is 1.59. The Hall–Kier alpha value is -1.35. The van der Waals surface area contributed by atoms with E-state index < -0.39 is 0 Å². The smallest absolute Gasteiger partial charge is 0.220 e. The summed E-state index contributed by atoms with van der Waals surface area (Å²) >= 11 is 0. The molecular formula is C25H42IN5O. The SMILES string of the molecule is CN=C(NCc1ccccc1CN(C)C1CCCCC1)N1CCC(CC(=O)NC)CC1.I. The first-order chi connectivity index (χ1) is 15.1. The van der Waals surface area contributed by atoms with Crippen molar-refractivity contribution >= 4 is 35.8 Å². The van der Waals surface area contributed by atoms with Crippen LogP contribution in [0, 0.1) is 5.92 Å². The maximum absolute atomic E-state index is 11.7. The average molecular weight is 556 g/mol.